The fraction of sp³-hybridized carbons (Fsp3) is 0.333. The van der Waals surface area contributed by atoms with Crippen molar-refractivity contribution < 1.29 is 9.32 Å². The lowest BCUT2D eigenvalue weighted by atomic mass is 10.0. The lowest BCUT2D eigenvalue weighted by molar-refractivity contribution is 0.103. The van der Waals surface area contributed by atoms with Gasteiger partial charge < -0.3 is 4.52 Å². The molecule has 0 atom stereocenters. The molecule has 0 aliphatic heterocycles. The zero-order chi connectivity index (χ0) is 15.0. The average molecular weight is 340 g/mol. The van der Waals surface area contributed by atoms with Crippen LogP contribution in [0.15, 0.2) is 32.7 Å². The number of rotatable bonds is 5. The third-order valence-corrected chi connectivity index (χ3v) is 5.74. The molecule has 0 saturated heterocycles. The summed E-state index contributed by atoms with van der Waals surface area (Å²) in [5.41, 5.74) is 2.05. The predicted molar refractivity (Wildman–Crippen MR) is 86.9 cm³/mol. The molecule has 2 aromatic rings. The molecule has 1 aromatic heterocycles. The number of hydrogen-bond donors (Lipinski definition) is 0. The molecule has 0 spiro atoms. The topological polar surface area (TPSA) is 43.1 Å². The molecule has 3 rings (SSSR count). The summed E-state index contributed by atoms with van der Waals surface area (Å²) in [7, 11) is 0. The van der Waals surface area contributed by atoms with Gasteiger partial charge in [-0.3, -0.25) is 4.79 Å². The Labute approximate surface area is 136 Å². The molecule has 1 aromatic carbocycles. The summed E-state index contributed by atoms with van der Waals surface area (Å²) in [6, 6.07) is 3.57. The summed E-state index contributed by atoms with van der Waals surface area (Å²) in [6.45, 7) is 0. The van der Waals surface area contributed by atoms with E-state index in [0.29, 0.717) is 22.1 Å². The summed E-state index contributed by atoms with van der Waals surface area (Å²) in [5.74, 6) is 0.349. The van der Waals surface area contributed by atoms with Gasteiger partial charge >= 0.3 is 0 Å². The van der Waals surface area contributed by atoms with E-state index in [4.69, 9.17) is 16.1 Å². The lowest BCUT2D eigenvalue weighted by Crippen LogP contribution is -2.06. The van der Waals surface area contributed by atoms with Gasteiger partial charge in [0.05, 0.1) is 16.3 Å². The van der Waals surface area contributed by atoms with Gasteiger partial charge in [0.1, 0.15) is 6.26 Å². The van der Waals surface area contributed by atoms with Crippen LogP contribution >= 0.6 is 35.1 Å². The van der Waals surface area contributed by atoms with Crippen molar-refractivity contribution in [3.63, 3.8) is 0 Å². The Morgan fingerprint density at radius 1 is 1.24 bits per heavy atom. The molecule has 110 valence electrons. The molecule has 0 unspecified atom stereocenters. The van der Waals surface area contributed by atoms with Crippen LogP contribution in [0.3, 0.4) is 0 Å². The average Bonchev–Trinajstić information content (AvgIpc) is 3.23. The normalized spacial score (nSPS) is 14.4. The third-order valence-electron chi connectivity index (χ3n) is 3.52. The first-order chi connectivity index (χ1) is 10.2. The van der Waals surface area contributed by atoms with E-state index < -0.39 is 0 Å². The second-order valence-corrected chi connectivity index (χ2v) is 6.92. The van der Waals surface area contributed by atoms with Crippen LogP contribution in [0.25, 0.3) is 0 Å². The second-order valence-electron chi connectivity index (χ2n) is 4.88. The molecule has 0 radical (unpaired) electrons. The van der Waals surface area contributed by atoms with Crippen molar-refractivity contribution in [3.8, 4) is 0 Å². The summed E-state index contributed by atoms with van der Waals surface area (Å²) in [5, 5.41) is 4.68. The molecular formula is C15H14ClNO2S2. The van der Waals surface area contributed by atoms with Crippen molar-refractivity contribution in [1.82, 2.24) is 5.16 Å². The Kier molecular flexibility index (Phi) is 4.33. The molecule has 1 fully saturated rings. The fourth-order valence-electron chi connectivity index (χ4n) is 2.32. The van der Waals surface area contributed by atoms with Crippen molar-refractivity contribution in [2.75, 3.05) is 12.5 Å². The van der Waals surface area contributed by atoms with Crippen LogP contribution in [0.1, 0.15) is 40.4 Å². The fourth-order valence-corrected chi connectivity index (χ4v) is 4.50. The molecule has 1 heterocycles. The lowest BCUT2D eigenvalue weighted by Gasteiger charge is -2.12. The van der Waals surface area contributed by atoms with Gasteiger partial charge in [0, 0.05) is 21.3 Å². The molecule has 21 heavy (non-hydrogen) atoms. The maximum atomic E-state index is 12.9. The Balaban J connectivity index is 2.07. The Bertz CT molecular complexity index is 695. The highest BCUT2D eigenvalue weighted by molar-refractivity contribution is 8.01. The maximum absolute atomic E-state index is 12.9. The number of thioether (sulfide) groups is 2. The Morgan fingerprint density at radius 3 is 2.57 bits per heavy atom. The van der Waals surface area contributed by atoms with Gasteiger partial charge in [-0.05, 0) is 37.5 Å². The van der Waals surface area contributed by atoms with Crippen molar-refractivity contribution in [2.24, 2.45) is 0 Å². The molecule has 0 bridgehead atoms. The number of halogens is 1. The zero-order valence-corrected chi connectivity index (χ0v) is 14.1. The van der Waals surface area contributed by atoms with Crippen molar-refractivity contribution in [1.29, 1.82) is 0 Å². The van der Waals surface area contributed by atoms with E-state index in [0.717, 1.165) is 28.3 Å². The van der Waals surface area contributed by atoms with Gasteiger partial charge in [-0.2, -0.15) is 0 Å². The zero-order valence-electron chi connectivity index (χ0n) is 11.7. The van der Waals surface area contributed by atoms with Gasteiger partial charge in [0.2, 0.25) is 0 Å². The molecule has 6 heteroatoms. The number of hydrogen-bond acceptors (Lipinski definition) is 5. The summed E-state index contributed by atoms with van der Waals surface area (Å²) < 4.78 is 5.03. The molecule has 1 aliphatic carbocycles. The molecule has 3 nitrogen and oxygen atoms in total. The first-order valence-electron chi connectivity index (χ1n) is 6.56. The summed E-state index contributed by atoms with van der Waals surface area (Å²) in [6.07, 6.45) is 7.55. The molecule has 0 N–H and O–H groups in total. The van der Waals surface area contributed by atoms with E-state index in [-0.39, 0.29) is 5.78 Å². The number of carbonyl (C=O) groups excluding carboxylic acids is 1. The highest BCUT2D eigenvalue weighted by Crippen LogP contribution is 2.42. The highest BCUT2D eigenvalue weighted by Gasteiger charge is 2.32. The largest absolute Gasteiger partial charge is 0.364 e. The van der Waals surface area contributed by atoms with Crippen molar-refractivity contribution in [3.05, 3.63) is 40.2 Å². The smallest absolute Gasteiger partial charge is 0.199 e. The summed E-state index contributed by atoms with van der Waals surface area (Å²) >= 11 is 9.32. The van der Waals surface area contributed by atoms with Crippen molar-refractivity contribution >= 4 is 40.9 Å². The first-order valence-corrected chi connectivity index (χ1v) is 9.39. The van der Waals surface area contributed by atoms with Gasteiger partial charge in [0.15, 0.2) is 5.78 Å². The molecule has 0 amide bonds. The minimum Gasteiger partial charge on any atom is -0.364 e. The number of aromatic nitrogens is 1. The van der Waals surface area contributed by atoms with Crippen LogP contribution in [0.4, 0.5) is 0 Å². The predicted octanol–water partition coefficient (Wildman–Crippen LogP) is 4.88. The minimum atomic E-state index is -0.0329. The van der Waals surface area contributed by atoms with E-state index in [1.54, 1.807) is 23.9 Å². The van der Waals surface area contributed by atoms with E-state index in [1.807, 2.05) is 12.5 Å². The van der Waals surface area contributed by atoms with Crippen LogP contribution in [0, 0.1) is 0 Å². The van der Waals surface area contributed by atoms with E-state index >= 15 is 0 Å². The Morgan fingerprint density at radius 2 is 1.95 bits per heavy atom. The van der Waals surface area contributed by atoms with Crippen LogP contribution in [0.5, 0.6) is 0 Å². The van der Waals surface area contributed by atoms with Gasteiger partial charge in [0.25, 0.3) is 0 Å². The SMILES string of the molecule is CSc1c(Cl)ccc(C(=O)c2conc2C2CC2)c1SC. The van der Waals surface area contributed by atoms with Gasteiger partial charge in [-0.25, -0.2) is 0 Å². The number of carbonyl (C=O) groups is 1. The van der Waals surface area contributed by atoms with Crippen LogP contribution in [-0.2, 0) is 0 Å². The molecule has 1 saturated carbocycles. The minimum absolute atomic E-state index is 0.0329. The van der Waals surface area contributed by atoms with Crippen molar-refractivity contribution in [2.45, 2.75) is 28.6 Å². The third kappa shape index (κ3) is 2.74. The van der Waals surface area contributed by atoms with Gasteiger partial charge in [-0.15, -0.1) is 23.5 Å². The van der Waals surface area contributed by atoms with Gasteiger partial charge in [-0.1, -0.05) is 16.8 Å². The first kappa shape index (κ1) is 15.0. The molecule has 1 aliphatic rings. The highest BCUT2D eigenvalue weighted by atomic mass is 35.5. The molecular weight excluding hydrogens is 326 g/mol. The van der Waals surface area contributed by atoms with Crippen LogP contribution in [-0.4, -0.2) is 23.5 Å². The Hall–Kier alpha value is -0.910. The monoisotopic (exact) mass is 339 g/mol. The number of benzene rings is 1. The summed E-state index contributed by atoms with van der Waals surface area (Å²) in [4.78, 5) is 14.7. The number of ketones is 1. The second kappa shape index (κ2) is 6.07. The van der Waals surface area contributed by atoms with Crippen LogP contribution in [0.2, 0.25) is 5.02 Å². The van der Waals surface area contributed by atoms with E-state index in [9.17, 15) is 4.79 Å². The quantitative estimate of drug-likeness (QED) is 0.573. The standard InChI is InChI=1S/C15H14ClNO2S2/c1-20-14-9(5-6-11(16)15(14)21-2)13(18)10-7-19-17-12(10)8-3-4-8/h5-8H,3-4H2,1-2H3. The van der Waals surface area contributed by atoms with Crippen LogP contribution < -0.4 is 0 Å². The van der Waals surface area contributed by atoms with E-state index in [2.05, 4.69) is 5.16 Å². The van der Waals surface area contributed by atoms with E-state index in [1.165, 1.54) is 18.0 Å². The maximum Gasteiger partial charge on any atom is 0.199 e. The number of nitrogens with zero attached hydrogens (tertiary/aromatic N) is 1.